The van der Waals surface area contributed by atoms with Gasteiger partial charge in [0.05, 0.1) is 23.8 Å². The van der Waals surface area contributed by atoms with Crippen molar-refractivity contribution in [3.63, 3.8) is 0 Å². The summed E-state index contributed by atoms with van der Waals surface area (Å²) in [6.45, 7) is 14.8. The number of rotatable bonds is 17. The van der Waals surface area contributed by atoms with E-state index in [1.807, 2.05) is 13.8 Å². The summed E-state index contributed by atoms with van der Waals surface area (Å²) in [5.74, 6) is -2.37. The highest BCUT2D eigenvalue weighted by atomic mass is 16.7. The molecule has 14 nitrogen and oxygen atoms in total. The monoisotopic (exact) mass is 664 g/mol. The fourth-order valence-electron chi connectivity index (χ4n) is 7.40. The van der Waals surface area contributed by atoms with Crippen LogP contribution in [0.3, 0.4) is 0 Å². The van der Waals surface area contributed by atoms with Gasteiger partial charge in [-0.1, -0.05) is 27.2 Å². The van der Waals surface area contributed by atoms with Crippen molar-refractivity contribution in [1.29, 1.82) is 0 Å². The van der Waals surface area contributed by atoms with Gasteiger partial charge in [0.25, 0.3) is 0 Å². The first-order valence-electron chi connectivity index (χ1n) is 17.2. The Morgan fingerprint density at radius 2 is 1.51 bits per heavy atom. The van der Waals surface area contributed by atoms with Crippen LogP contribution < -0.4 is 32.3 Å². The average Bonchev–Trinajstić information content (AvgIpc) is 3.35. The summed E-state index contributed by atoms with van der Waals surface area (Å²) < 4.78 is 12.8. The number of nitrogens with one attached hydrogen (secondary N) is 5. The van der Waals surface area contributed by atoms with E-state index >= 15 is 0 Å². The average molecular weight is 665 g/mol. The number of unbranched alkanes of at least 4 members (excludes halogenated alkanes) is 1. The number of amides is 5. The minimum absolute atomic E-state index is 0.0358. The molecule has 47 heavy (non-hydrogen) atoms. The molecule has 266 valence electrons. The summed E-state index contributed by atoms with van der Waals surface area (Å²) in [4.78, 5) is 64.2. The van der Waals surface area contributed by atoms with Gasteiger partial charge in [-0.2, -0.15) is 0 Å². The van der Waals surface area contributed by atoms with Crippen LogP contribution in [0.4, 0.5) is 0 Å². The standard InChI is InChI=1S/C32H57BN6O8/c1-9-12-22(37-20(5)41)29(44)39-26(18(3)40)30(45)35-17(2)27(42)38-23(13-10-11-14-34)28(43)36-19(4)33-46-25-16-21-15-24(31(21,6)7)32(25,8)47-33/h17-19,21-26,40H,9-16,34H2,1-8H3,(H,35,45)(H,36,43)(H,37,41)(H,38,42)(H,39,44)/t17-,18+,19-,21-,22-,23-,24-,25+,26-,32-/m0/s1. The van der Waals surface area contributed by atoms with E-state index in [-0.39, 0.29) is 11.5 Å². The van der Waals surface area contributed by atoms with Crippen LogP contribution in [-0.2, 0) is 33.3 Å². The van der Waals surface area contributed by atoms with E-state index in [9.17, 15) is 29.1 Å². The summed E-state index contributed by atoms with van der Waals surface area (Å²) in [5.41, 5.74) is 5.43. The van der Waals surface area contributed by atoms with Gasteiger partial charge in [0.1, 0.15) is 24.2 Å². The number of carbonyl (C=O) groups excluding carboxylic acids is 5. The third-order valence-corrected chi connectivity index (χ3v) is 10.4. The van der Waals surface area contributed by atoms with Crippen molar-refractivity contribution in [3.05, 3.63) is 0 Å². The number of aliphatic hydroxyl groups excluding tert-OH is 1. The number of nitrogens with two attached hydrogens (primary N) is 1. The molecule has 10 atom stereocenters. The van der Waals surface area contributed by atoms with Gasteiger partial charge in [0.15, 0.2) is 0 Å². The van der Waals surface area contributed by atoms with Crippen molar-refractivity contribution in [3.8, 4) is 0 Å². The molecular weight excluding hydrogens is 607 g/mol. The normalized spacial score (nSPS) is 27.9. The molecule has 4 fully saturated rings. The van der Waals surface area contributed by atoms with Crippen molar-refractivity contribution in [2.45, 2.75) is 148 Å². The van der Waals surface area contributed by atoms with Crippen LogP contribution in [0.15, 0.2) is 0 Å². The summed E-state index contributed by atoms with van der Waals surface area (Å²) >= 11 is 0. The van der Waals surface area contributed by atoms with Gasteiger partial charge in [-0.25, -0.2) is 0 Å². The van der Waals surface area contributed by atoms with Crippen molar-refractivity contribution in [2.24, 2.45) is 23.0 Å². The van der Waals surface area contributed by atoms with Gasteiger partial charge in [-0.05, 0) is 90.0 Å². The second-order valence-electron chi connectivity index (χ2n) is 14.5. The molecule has 0 aromatic carbocycles. The van der Waals surface area contributed by atoms with E-state index in [1.165, 1.54) is 20.8 Å². The maximum absolute atomic E-state index is 13.5. The Morgan fingerprint density at radius 3 is 2.09 bits per heavy atom. The molecule has 3 aliphatic carbocycles. The molecule has 4 rings (SSSR count). The first-order valence-corrected chi connectivity index (χ1v) is 17.2. The number of hydrogen-bond donors (Lipinski definition) is 7. The van der Waals surface area contributed by atoms with Crippen LogP contribution >= 0.6 is 0 Å². The maximum Gasteiger partial charge on any atom is 0.481 e. The minimum Gasteiger partial charge on any atom is -0.404 e. The third-order valence-electron chi connectivity index (χ3n) is 10.4. The Morgan fingerprint density at radius 1 is 0.872 bits per heavy atom. The summed E-state index contributed by atoms with van der Waals surface area (Å²) in [6, 6.07) is -4.29. The van der Waals surface area contributed by atoms with Crippen LogP contribution in [0.2, 0.25) is 0 Å². The lowest BCUT2D eigenvalue weighted by molar-refractivity contribution is -0.199. The minimum atomic E-state index is -1.39. The van der Waals surface area contributed by atoms with Crippen molar-refractivity contribution in [1.82, 2.24) is 26.6 Å². The van der Waals surface area contributed by atoms with E-state index < -0.39 is 78.5 Å². The molecule has 0 aromatic rings. The maximum atomic E-state index is 13.5. The van der Waals surface area contributed by atoms with E-state index in [0.717, 1.165) is 12.8 Å². The summed E-state index contributed by atoms with van der Waals surface area (Å²) in [5, 5.41) is 23.5. The fourth-order valence-corrected chi connectivity index (χ4v) is 7.40. The molecule has 1 aliphatic heterocycles. The molecule has 15 heteroatoms. The predicted octanol–water partition coefficient (Wildman–Crippen LogP) is 0.0475. The van der Waals surface area contributed by atoms with E-state index in [4.69, 9.17) is 15.0 Å². The van der Waals surface area contributed by atoms with Crippen LogP contribution in [-0.4, -0.2) is 96.2 Å². The van der Waals surface area contributed by atoms with Gasteiger partial charge >= 0.3 is 7.12 Å². The van der Waals surface area contributed by atoms with Gasteiger partial charge in [0, 0.05) is 6.92 Å². The molecule has 3 saturated carbocycles. The lowest BCUT2D eigenvalue weighted by atomic mass is 9.43. The number of carbonyl (C=O) groups is 5. The Bertz CT molecular complexity index is 1160. The molecular formula is C32H57BN6O8. The third kappa shape index (κ3) is 9.04. The molecule has 0 unspecified atom stereocenters. The van der Waals surface area contributed by atoms with Gasteiger partial charge in [0.2, 0.25) is 29.5 Å². The molecule has 0 radical (unpaired) electrons. The molecule has 5 amide bonds. The SMILES string of the molecule is CCC[C@H](NC(C)=O)C(=O)N[C@H](C(=O)N[C@@H](C)C(=O)N[C@@H](CCCCN)C(=O)N[C@@H](C)B1O[C@@H]2C[C@@H]3C[C@@H](C3(C)C)[C@]2(C)O1)[C@@H](C)O. The van der Waals surface area contributed by atoms with Crippen LogP contribution in [0.1, 0.15) is 100 Å². The predicted molar refractivity (Wildman–Crippen MR) is 176 cm³/mol. The molecule has 4 aliphatic rings. The Balaban J connectivity index is 1.60. The fraction of sp³-hybridized carbons (Fsp3) is 0.844. The largest absolute Gasteiger partial charge is 0.481 e. The van der Waals surface area contributed by atoms with Gasteiger partial charge < -0.3 is 46.7 Å². The van der Waals surface area contributed by atoms with Crippen molar-refractivity contribution >= 4 is 36.7 Å². The highest BCUT2D eigenvalue weighted by Crippen LogP contribution is 2.65. The molecule has 2 bridgehead atoms. The lowest BCUT2D eigenvalue weighted by Gasteiger charge is -2.64. The van der Waals surface area contributed by atoms with E-state index in [1.54, 1.807) is 0 Å². The molecule has 1 heterocycles. The van der Waals surface area contributed by atoms with E-state index in [2.05, 4.69) is 47.4 Å². The van der Waals surface area contributed by atoms with Gasteiger partial charge in [-0.15, -0.1) is 0 Å². The number of aliphatic hydroxyl groups is 1. The second-order valence-corrected chi connectivity index (χ2v) is 14.5. The number of hydrogen-bond acceptors (Lipinski definition) is 9. The second kappa shape index (κ2) is 16.1. The zero-order chi connectivity index (χ0) is 35.3. The topological polar surface area (TPSA) is 210 Å². The van der Waals surface area contributed by atoms with Crippen LogP contribution in [0.5, 0.6) is 0 Å². The Kier molecular flexibility index (Phi) is 13.3. The quantitative estimate of drug-likeness (QED) is 0.0826. The highest BCUT2D eigenvalue weighted by molar-refractivity contribution is 6.47. The summed E-state index contributed by atoms with van der Waals surface area (Å²) in [7, 11) is -0.627. The van der Waals surface area contributed by atoms with Crippen molar-refractivity contribution < 1.29 is 38.4 Å². The molecule has 8 N–H and O–H groups in total. The molecule has 0 aromatic heterocycles. The molecule has 0 spiro atoms. The first-order chi connectivity index (χ1) is 22.0. The van der Waals surface area contributed by atoms with Crippen LogP contribution in [0, 0.1) is 17.3 Å². The van der Waals surface area contributed by atoms with E-state index in [0.29, 0.717) is 50.5 Å². The Hall–Kier alpha value is -2.75. The zero-order valence-corrected chi connectivity index (χ0v) is 29.3. The highest BCUT2D eigenvalue weighted by Gasteiger charge is 2.68. The summed E-state index contributed by atoms with van der Waals surface area (Å²) in [6.07, 6.45) is 3.20. The van der Waals surface area contributed by atoms with Crippen LogP contribution in [0.25, 0.3) is 0 Å². The smallest absolute Gasteiger partial charge is 0.404 e. The first kappa shape index (κ1) is 38.7. The van der Waals surface area contributed by atoms with Gasteiger partial charge in [-0.3, -0.25) is 24.0 Å². The zero-order valence-electron chi connectivity index (χ0n) is 29.3. The molecule has 1 saturated heterocycles. The lowest BCUT2D eigenvalue weighted by Crippen LogP contribution is -2.65. The Labute approximate surface area is 279 Å². The van der Waals surface area contributed by atoms with Crippen molar-refractivity contribution in [2.75, 3.05) is 6.54 Å².